The lowest BCUT2D eigenvalue weighted by Gasteiger charge is -2.17. The molecule has 1 fully saturated rings. The van der Waals surface area contributed by atoms with Gasteiger partial charge in [-0.15, -0.1) is 11.6 Å². The van der Waals surface area contributed by atoms with E-state index in [0.717, 1.165) is 21.9 Å². The van der Waals surface area contributed by atoms with Crippen molar-refractivity contribution in [3.8, 4) is 0 Å². The van der Waals surface area contributed by atoms with Gasteiger partial charge in [0.05, 0.1) is 16.4 Å². The second-order valence-corrected chi connectivity index (χ2v) is 6.14. The fraction of sp³-hybridized carbons (Fsp3) is 0.462. The number of hydrogen-bond donors (Lipinski definition) is 0. The van der Waals surface area contributed by atoms with Crippen molar-refractivity contribution in [1.29, 1.82) is 0 Å². The fourth-order valence-corrected chi connectivity index (χ4v) is 2.62. The summed E-state index contributed by atoms with van der Waals surface area (Å²) in [7, 11) is 0. The Morgan fingerprint density at radius 2 is 2.12 bits per heavy atom. The smallest absolute Gasteiger partial charge is 0.128 e. The summed E-state index contributed by atoms with van der Waals surface area (Å²) in [4.78, 5) is 4.63. The van der Waals surface area contributed by atoms with Crippen molar-refractivity contribution < 1.29 is 0 Å². The van der Waals surface area contributed by atoms with Gasteiger partial charge < -0.3 is 4.57 Å². The average Bonchev–Trinajstić information content (AvgIpc) is 2.88. The molecule has 1 saturated carbocycles. The molecule has 1 aliphatic rings. The van der Waals surface area contributed by atoms with E-state index < -0.39 is 0 Å². The molecule has 90 valence electrons. The maximum atomic E-state index is 6.24. The Labute approximate surface area is 111 Å². The normalized spacial score (nSPS) is 19.5. The summed E-state index contributed by atoms with van der Waals surface area (Å²) < 4.78 is 2.29. The molecule has 1 heterocycles. The molecule has 0 amide bonds. The summed E-state index contributed by atoms with van der Waals surface area (Å²) in [6.45, 7) is 4.22. The monoisotopic (exact) mass is 268 g/mol. The number of fused-ring (bicyclic) bond motifs is 1. The number of imidazole rings is 1. The summed E-state index contributed by atoms with van der Waals surface area (Å²) in [5.41, 5.74) is 2.27. The highest BCUT2D eigenvalue weighted by atomic mass is 35.5. The van der Waals surface area contributed by atoms with Gasteiger partial charge in [0, 0.05) is 10.6 Å². The Hall–Kier alpha value is -0.730. The van der Waals surface area contributed by atoms with E-state index in [1.165, 1.54) is 12.8 Å². The number of aromatic nitrogens is 2. The molecule has 2 aromatic rings. The van der Waals surface area contributed by atoms with Crippen molar-refractivity contribution in [2.24, 2.45) is 0 Å². The van der Waals surface area contributed by atoms with Gasteiger partial charge in [-0.1, -0.05) is 11.6 Å². The first-order valence-electron chi connectivity index (χ1n) is 5.84. The lowest BCUT2D eigenvalue weighted by atomic mass is 10.2. The number of alkyl halides is 1. The van der Waals surface area contributed by atoms with Gasteiger partial charge in [-0.25, -0.2) is 4.98 Å². The highest BCUT2D eigenvalue weighted by Crippen LogP contribution is 2.47. The Morgan fingerprint density at radius 3 is 2.71 bits per heavy atom. The zero-order valence-corrected chi connectivity index (χ0v) is 11.4. The van der Waals surface area contributed by atoms with E-state index in [0.29, 0.717) is 0 Å². The third-order valence-corrected chi connectivity index (χ3v) is 3.94. The van der Waals surface area contributed by atoms with Crippen LogP contribution in [0.15, 0.2) is 18.2 Å². The SMILES string of the molecule is CC(Cl)c1nc2cc(Cl)ccc2n1C1(C)CC1. The average molecular weight is 269 g/mol. The van der Waals surface area contributed by atoms with Gasteiger partial charge in [0.15, 0.2) is 0 Å². The number of nitrogens with zero attached hydrogens (tertiary/aromatic N) is 2. The predicted octanol–water partition coefficient (Wildman–Crippen LogP) is 4.50. The van der Waals surface area contributed by atoms with Gasteiger partial charge in [0.2, 0.25) is 0 Å². The first-order valence-corrected chi connectivity index (χ1v) is 6.65. The van der Waals surface area contributed by atoms with Gasteiger partial charge in [-0.2, -0.15) is 0 Å². The van der Waals surface area contributed by atoms with Crippen LogP contribution in [0.4, 0.5) is 0 Å². The van der Waals surface area contributed by atoms with Crippen molar-refractivity contribution in [2.45, 2.75) is 37.6 Å². The Morgan fingerprint density at radius 1 is 1.41 bits per heavy atom. The van der Waals surface area contributed by atoms with Crippen LogP contribution >= 0.6 is 23.2 Å². The molecular formula is C13H14Cl2N2. The highest BCUT2D eigenvalue weighted by Gasteiger charge is 2.42. The van der Waals surface area contributed by atoms with Crippen molar-refractivity contribution in [3.05, 3.63) is 29.0 Å². The molecule has 4 heteroatoms. The number of benzene rings is 1. The van der Waals surface area contributed by atoms with Crippen LogP contribution in [-0.4, -0.2) is 9.55 Å². The minimum Gasteiger partial charge on any atom is -0.321 e. The zero-order valence-electron chi connectivity index (χ0n) is 9.87. The summed E-state index contributed by atoms with van der Waals surface area (Å²) >= 11 is 12.2. The van der Waals surface area contributed by atoms with Crippen LogP contribution in [0.3, 0.4) is 0 Å². The van der Waals surface area contributed by atoms with E-state index in [4.69, 9.17) is 23.2 Å². The van der Waals surface area contributed by atoms with Gasteiger partial charge in [-0.05, 0) is 44.9 Å². The molecule has 0 saturated heterocycles. The summed E-state index contributed by atoms with van der Waals surface area (Å²) in [5.74, 6) is 0.948. The van der Waals surface area contributed by atoms with Crippen molar-refractivity contribution >= 4 is 34.2 Å². The molecule has 0 aliphatic heterocycles. The van der Waals surface area contributed by atoms with E-state index in [9.17, 15) is 0 Å². The van der Waals surface area contributed by atoms with Crippen LogP contribution in [-0.2, 0) is 5.54 Å². The first kappa shape index (κ1) is 11.4. The van der Waals surface area contributed by atoms with E-state index in [-0.39, 0.29) is 10.9 Å². The van der Waals surface area contributed by atoms with Crippen LogP contribution < -0.4 is 0 Å². The number of halogens is 2. The molecule has 1 aromatic heterocycles. The molecule has 0 N–H and O–H groups in total. The first-order chi connectivity index (χ1) is 8.01. The molecule has 0 bridgehead atoms. The largest absolute Gasteiger partial charge is 0.321 e. The molecule has 0 radical (unpaired) electrons. The predicted molar refractivity (Wildman–Crippen MR) is 71.9 cm³/mol. The molecule has 1 atom stereocenters. The van der Waals surface area contributed by atoms with Crippen LogP contribution in [0.5, 0.6) is 0 Å². The molecule has 1 aromatic carbocycles. The number of hydrogen-bond acceptors (Lipinski definition) is 1. The zero-order chi connectivity index (χ0) is 12.2. The Kier molecular flexibility index (Phi) is 2.43. The van der Waals surface area contributed by atoms with Crippen molar-refractivity contribution in [3.63, 3.8) is 0 Å². The molecule has 3 rings (SSSR count). The van der Waals surface area contributed by atoms with Gasteiger partial charge in [-0.3, -0.25) is 0 Å². The second-order valence-electron chi connectivity index (χ2n) is 5.05. The Balaban J connectivity index is 2.32. The molecule has 2 nitrogen and oxygen atoms in total. The standard InChI is InChI=1S/C13H14Cl2N2/c1-8(14)12-16-10-7-9(15)3-4-11(10)17(12)13(2)5-6-13/h3-4,7-8H,5-6H2,1-2H3. The van der Waals surface area contributed by atoms with Crippen molar-refractivity contribution in [2.75, 3.05) is 0 Å². The van der Waals surface area contributed by atoms with E-state index in [2.05, 4.69) is 16.5 Å². The highest BCUT2D eigenvalue weighted by molar-refractivity contribution is 6.31. The maximum absolute atomic E-state index is 6.24. The van der Waals surface area contributed by atoms with Gasteiger partial charge in [0.25, 0.3) is 0 Å². The topological polar surface area (TPSA) is 17.8 Å². The van der Waals surface area contributed by atoms with E-state index in [1.807, 2.05) is 25.1 Å². The van der Waals surface area contributed by atoms with Crippen LogP contribution in [0.1, 0.15) is 37.9 Å². The quantitative estimate of drug-likeness (QED) is 0.734. The third-order valence-electron chi connectivity index (χ3n) is 3.51. The summed E-state index contributed by atoms with van der Waals surface area (Å²) in [6, 6.07) is 5.86. The van der Waals surface area contributed by atoms with Crippen LogP contribution in [0.25, 0.3) is 11.0 Å². The lowest BCUT2D eigenvalue weighted by molar-refractivity contribution is 0.522. The summed E-state index contributed by atoms with van der Waals surface area (Å²) in [5, 5.41) is 0.635. The van der Waals surface area contributed by atoms with Crippen molar-refractivity contribution in [1.82, 2.24) is 9.55 Å². The third kappa shape index (κ3) is 1.74. The molecular weight excluding hydrogens is 255 g/mol. The fourth-order valence-electron chi connectivity index (χ4n) is 2.31. The Bertz CT molecular complexity index is 582. The van der Waals surface area contributed by atoms with Gasteiger partial charge >= 0.3 is 0 Å². The van der Waals surface area contributed by atoms with E-state index >= 15 is 0 Å². The van der Waals surface area contributed by atoms with Gasteiger partial charge in [0.1, 0.15) is 5.82 Å². The molecule has 0 spiro atoms. The molecule has 1 aliphatic carbocycles. The van der Waals surface area contributed by atoms with E-state index in [1.54, 1.807) is 0 Å². The minimum atomic E-state index is -0.0846. The maximum Gasteiger partial charge on any atom is 0.128 e. The molecule has 1 unspecified atom stereocenters. The number of rotatable bonds is 2. The lowest BCUT2D eigenvalue weighted by Crippen LogP contribution is -2.16. The van der Waals surface area contributed by atoms with Crippen LogP contribution in [0.2, 0.25) is 5.02 Å². The minimum absolute atomic E-state index is 0.0846. The van der Waals surface area contributed by atoms with Crippen LogP contribution in [0, 0.1) is 0 Å². The summed E-state index contributed by atoms with van der Waals surface area (Å²) in [6.07, 6.45) is 2.38. The molecule has 17 heavy (non-hydrogen) atoms. The second kappa shape index (κ2) is 3.63.